The lowest BCUT2D eigenvalue weighted by molar-refractivity contribution is -0.219. The van der Waals surface area contributed by atoms with Gasteiger partial charge in [0, 0.05) is 20.3 Å². The van der Waals surface area contributed by atoms with Crippen LogP contribution in [0.2, 0.25) is 0 Å². The highest BCUT2D eigenvalue weighted by atomic mass is 35.5. The maximum absolute atomic E-state index is 6.96. The molecule has 1 fully saturated rings. The minimum atomic E-state index is -1.41. The summed E-state index contributed by atoms with van der Waals surface area (Å²) < 4.78 is 16.7. The summed E-state index contributed by atoms with van der Waals surface area (Å²) in [6.07, 6.45) is 0. The Morgan fingerprint density at radius 2 is 1.68 bits per heavy atom. The fourth-order valence-corrected chi connectivity index (χ4v) is 6.14. The lowest BCUT2D eigenvalue weighted by atomic mass is 9.81. The zero-order valence-electron chi connectivity index (χ0n) is 12.4. The molecule has 0 aromatic carbocycles. The Balaban J connectivity index is 2.30. The molecule has 4 unspecified atom stereocenters. The van der Waals surface area contributed by atoms with Gasteiger partial charge in [-0.1, -0.05) is 35.3 Å². The first-order valence-electron chi connectivity index (χ1n) is 6.70. The normalized spacial score (nSPS) is 39.8. The summed E-state index contributed by atoms with van der Waals surface area (Å²) in [6.45, 7) is 3.74. The number of aryl methyl sites for hydroxylation is 1. The molecular weight excluding hydrogens is 372 g/mol. The molecule has 8 heteroatoms. The third kappa shape index (κ3) is 1.52. The second-order valence-corrected chi connectivity index (χ2v) is 7.66. The van der Waals surface area contributed by atoms with Gasteiger partial charge in [0.2, 0.25) is 5.79 Å². The van der Waals surface area contributed by atoms with Gasteiger partial charge in [-0.3, -0.25) is 0 Å². The van der Waals surface area contributed by atoms with Crippen molar-refractivity contribution in [3.05, 3.63) is 27.6 Å². The molecule has 0 radical (unpaired) electrons. The number of rotatable bonds is 3. The summed E-state index contributed by atoms with van der Waals surface area (Å²) >= 11 is 26.7. The van der Waals surface area contributed by atoms with Gasteiger partial charge in [0.25, 0.3) is 0 Å². The van der Waals surface area contributed by atoms with Crippen LogP contribution in [0.5, 0.6) is 0 Å². The Hall–Kier alpha value is 0.0300. The van der Waals surface area contributed by atoms with Gasteiger partial charge < -0.3 is 14.0 Å². The number of alkyl halides is 2. The summed E-state index contributed by atoms with van der Waals surface area (Å²) in [4.78, 5) is -2.52. The van der Waals surface area contributed by atoms with E-state index in [4.69, 9.17) is 60.4 Å². The van der Waals surface area contributed by atoms with E-state index in [0.29, 0.717) is 5.76 Å². The average molecular weight is 387 g/mol. The molecule has 4 nitrogen and oxygen atoms in total. The molecule has 22 heavy (non-hydrogen) atoms. The molecule has 4 atom stereocenters. The smallest absolute Gasteiger partial charge is 0.218 e. The van der Waals surface area contributed by atoms with Crippen LogP contribution >= 0.6 is 46.4 Å². The van der Waals surface area contributed by atoms with E-state index in [1.165, 1.54) is 14.2 Å². The van der Waals surface area contributed by atoms with Crippen LogP contribution in [-0.4, -0.2) is 34.9 Å². The third-order valence-electron chi connectivity index (χ3n) is 4.87. The molecule has 2 aliphatic carbocycles. The quantitative estimate of drug-likeness (QED) is 0.571. The van der Waals surface area contributed by atoms with Gasteiger partial charge in [-0.15, -0.1) is 23.2 Å². The number of hydrogen-bond acceptors (Lipinski definition) is 4. The molecule has 0 amide bonds. The molecule has 2 bridgehead atoms. The Morgan fingerprint density at radius 3 is 2.09 bits per heavy atom. The zero-order valence-corrected chi connectivity index (χ0v) is 15.4. The minimum Gasteiger partial charge on any atom is -0.361 e. The van der Waals surface area contributed by atoms with Crippen LogP contribution in [0.15, 0.2) is 20.7 Å². The molecular formula is C14H15Cl4NO3. The second kappa shape index (κ2) is 5.01. The summed E-state index contributed by atoms with van der Waals surface area (Å²) in [5.74, 6) is -1.50. The van der Waals surface area contributed by atoms with Crippen molar-refractivity contribution in [2.45, 2.75) is 35.3 Å². The number of halogens is 4. The maximum atomic E-state index is 6.96. The van der Waals surface area contributed by atoms with E-state index < -0.39 is 21.5 Å². The van der Waals surface area contributed by atoms with Gasteiger partial charge in [0.05, 0.1) is 21.7 Å². The maximum Gasteiger partial charge on any atom is 0.218 e. The van der Waals surface area contributed by atoms with Crippen molar-refractivity contribution in [2.24, 2.45) is 5.92 Å². The monoisotopic (exact) mass is 385 g/mol. The van der Waals surface area contributed by atoms with E-state index in [9.17, 15) is 0 Å². The molecule has 2 aliphatic rings. The Morgan fingerprint density at radius 1 is 1.14 bits per heavy atom. The van der Waals surface area contributed by atoms with Gasteiger partial charge in [-0.2, -0.15) is 0 Å². The summed E-state index contributed by atoms with van der Waals surface area (Å²) in [5, 5.41) is 4.39. The number of fused-ring (bicyclic) bond motifs is 2. The first-order chi connectivity index (χ1) is 10.2. The van der Waals surface area contributed by atoms with Crippen molar-refractivity contribution in [3.63, 3.8) is 0 Å². The van der Waals surface area contributed by atoms with E-state index in [0.717, 1.165) is 5.69 Å². The van der Waals surface area contributed by atoms with Crippen molar-refractivity contribution in [2.75, 3.05) is 14.2 Å². The number of hydrogen-bond donors (Lipinski definition) is 0. The van der Waals surface area contributed by atoms with Crippen molar-refractivity contribution in [1.29, 1.82) is 0 Å². The first-order valence-corrected chi connectivity index (χ1v) is 8.21. The molecule has 1 aromatic heterocycles. The lowest BCUT2D eigenvalue weighted by Crippen LogP contribution is -2.57. The van der Waals surface area contributed by atoms with Gasteiger partial charge in [-0.25, -0.2) is 0 Å². The van der Waals surface area contributed by atoms with E-state index >= 15 is 0 Å². The highest BCUT2D eigenvalue weighted by Gasteiger charge is 2.84. The molecule has 122 valence electrons. The molecule has 0 N–H and O–H groups in total. The predicted octanol–water partition coefficient (Wildman–Crippen LogP) is 4.36. The van der Waals surface area contributed by atoms with Crippen LogP contribution in [0.4, 0.5) is 0 Å². The van der Waals surface area contributed by atoms with Gasteiger partial charge in [-0.05, 0) is 12.8 Å². The van der Waals surface area contributed by atoms with Crippen LogP contribution < -0.4 is 0 Å². The predicted molar refractivity (Wildman–Crippen MR) is 85.8 cm³/mol. The Bertz CT molecular complexity index is 656. The molecule has 3 rings (SSSR count). The number of nitrogens with zero attached hydrogens (tertiary/aromatic N) is 1. The van der Waals surface area contributed by atoms with Crippen molar-refractivity contribution >= 4 is 46.4 Å². The molecule has 1 aromatic rings. The first kappa shape index (κ1) is 16.9. The van der Waals surface area contributed by atoms with Crippen LogP contribution in [-0.2, 0) is 9.47 Å². The highest BCUT2D eigenvalue weighted by molar-refractivity contribution is 6.52. The van der Waals surface area contributed by atoms with Crippen LogP contribution in [0.1, 0.15) is 24.3 Å². The third-order valence-corrected chi connectivity index (χ3v) is 7.59. The molecule has 0 aliphatic heterocycles. The van der Waals surface area contributed by atoms with Crippen LogP contribution in [0.3, 0.4) is 0 Å². The van der Waals surface area contributed by atoms with Gasteiger partial charge in [0.15, 0.2) is 0 Å². The molecule has 0 spiro atoms. The number of ether oxygens (including phenoxy) is 2. The SMILES string of the molecule is COC1(OC)C2(Cl)C(Cl)=C(Cl)C1(Cl)C(c1cc(C)no1)C2C. The van der Waals surface area contributed by atoms with E-state index in [1.54, 1.807) is 6.07 Å². The van der Waals surface area contributed by atoms with Crippen LogP contribution in [0.25, 0.3) is 0 Å². The summed E-state index contributed by atoms with van der Waals surface area (Å²) in [6, 6.07) is 1.81. The van der Waals surface area contributed by atoms with Crippen molar-refractivity contribution < 1.29 is 14.0 Å². The van der Waals surface area contributed by atoms with Gasteiger partial charge in [0.1, 0.15) is 15.5 Å². The van der Waals surface area contributed by atoms with Crippen molar-refractivity contribution in [3.8, 4) is 0 Å². The molecule has 1 heterocycles. The highest BCUT2D eigenvalue weighted by Crippen LogP contribution is 2.75. The standard InChI is InChI=1S/C14H15Cl4NO3/c1-6-5-8(22-19-6)9-7(2)12(17)10(15)11(16)13(9,18)14(12,20-3)21-4/h5,7,9H,1-4H3. The number of methoxy groups -OCH3 is 2. The number of aromatic nitrogens is 1. The fourth-order valence-electron chi connectivity index (χ4n) is 3.94. The zero-order chi connectivity index (χ0) is 16.5. The summed E-state index contributed by atoms with van der Waals surface area (Å²) in [5.41, 5.74) is 0.737. The lowest BCUT2D eigenvalue weighted by Gasteiger charge is -2.41. The Labute approximate surface area is 148 Å². The van der Waals surface area contributed by atoms with Gasteiger partial charge >= 0.3 is 0 Å². The van der Waals surface area contributed by atoms with E-state index in [-0.39, 0.29) is 16.0 Å². The topological polar surface area (TPSA) is 44.5 Å². The fraction of sp³-hybridized carbons (Fsp3) is 0.643. The largest absolute Gasteiger partial charge is 0.361 e. The van der Waals surface area contributed by atoms with Crippen molar-refractivity contribution in [1.82, 2.24) is 5.16 Å². The second-order valence-electron chi connectivity index (χ2n) is 5.71. The van der Waals surface area contributed by atoms with Crippen LogP contribution in [0, 0.1) is 12.8 Å². The Kier molecular flexibility index (Phi) is 3.84. The minimum absolute atomic E-state index is 0.215. The molecule has 1 saturated carbocycles. The molecule has 0 saturated heterocycles. The van der Waals surface area contributed by atoms with E-state index in [2.05, 4.69) is 5.16 Å². The summed E-state index contributed by atoms with van der Waals surface area (Å²) in [7, 11) is 2.94. The van der Waals surface area contributed by atoms with E-state index in [1.807, 2.05) is 13.8 Å². The average Bonchev–Trinajstić information content (AvgIpc) is 3.00.